The molecule has 2 aliphatic heterocycles. The van der Waals surface area contributed by atoms with Gasteiger partial charge >= 0.3 is 11.9 Å². The molecule has 5 rings (SSSR count). The minimum Gasteiger partial charge on any atom is -1.00 e. The van der Waals surface area contributed by atoms with E-state index in [4.69, 9.17) is 14.2 Å². The topological polar surface area (TPSA) is 82.1 Å². The van der Waals surface area contributed by atoms with Gasteiger partial charge in [-0.1, -0.05) is 24.3 Å². The number of carbonyl (C=O) groups is 2. The van der Waals surface area contributed by atoms with E-state index in [0.717, 1.165) is 42.3 Å². The number of ether oxygens (including phenoxy) is 3. The molecule has 3 aromatic rings. The van der Waals surface area contributed by atoms with Crippen LogP contribution in [-0.4, -0.2) is 60.0 Å². The van der Waals surface area contributed by atoms with Gasteiger partial charge in [-0.15, -0.1) is 22.7 Å². The number of hydrogen-bond acceptors (Lipinski definition) is 8. The van der Waals surface area contributed by atoms with Crippen LogP contribution in [0.4, 0.5) is 0 Å². The standard InChI is InChI=1S/C29H34NO6S2.BrH/c1-3-34-27(31)19-35-23-8-4-7-20(15-23)18-30(2)21-11-12-22(30)17-24(16-21)36-28(32)29(33,25-9-5-13-37-25)26-10-6-14-38-26;/h4-10,13-15,21-22,24,33H,3,11-12,16-19H2,1-2H3;1H/q+1;/p-1/t21-,22+,24+,30-;. The normalized spacial score (nSPS) is 24.0. The zero-order chi connectivity index (χ0) is 26.8. The maximum Gasteiger partial charge on any atom is 0.349 e. The average Bonchev–Trinajstić information content (AvgIpc) is 3.65. The number of halogens is 1. The Hall–Kier alpha value is -2.24. The smallest absolute Gasteiger partial charge is 0.349 e. The molecule has 1 aromatic carbocycles. The lowest BCUT2D eigenvalue weighted by atomic mass is 9.94. The third-order valence-corrected chi connectivity index (χ3v) is 9.94. The van der Waals surface area contributed by atoms with Gasteiger partial charge in [0, 0.05) is 31.2 Å². The number of aliphatic hydroxyl groups is 1. The van der Waals surface area contributed by atoms with Gasteiger partial charge in [0.15, 0.2) is 6.61 Å². The SMILES string of the molecule is CCOC(=O)COc1cccc(C[N@+]2(C)[C@@H]3CC[C@H]2C[C@@H](OC(=O)C(O)(c2cccs2)c2cccs2)C3)c1.[Br-]. The highest BCUT2D eigenvalue weighted by molar-refractivity contribution is 7.12. The molecule has 2 fully saturated rings. The minimum atomic E-state index is -1.78. The maximum absolute atomic E-state index is 13.5. The first-order chi connectivity index (χ1) is 18.3. The van der Waals surface area contributed by atoms with Crippen molar-refractivity contribution in [3.05, 3.63) is 74.6 Å². The maximum atomic E-state index is 13.5. The van der Waals surface area contributed by atoms with Crippen LogP contribution in [0.1, 0.15) is 47.9 Å². The molecule has 0 aliphatic carbocycles. The molecule has 0 amide bonds. The summed E-state index contributed by atoms with van der Waals surface area (Å²) < 4.78 is 17.6. The van der Waals surface area contributed by atoms with E-state index in [1.807, 2.05) is 41.1 Å². The molecule has 2 aromatic heterocycles. The lowest BCUT2D eigenvalue weighted by molar-refractivity contribution is -0.961. The summed E-state index contributed by atoms with van der Waals surface area (Å²) in [4.78, 5) is 26.3. The molecule has 2 saturated heterocycles. The third-order valence-electron chi connectivity index (χ3n) is 7.98. The number of nitrogens with zero attached hydrogens (tertiary/aromatic N) is 1. The zero-order valence-electron chi connectivity index (χ0n) is 22.1. The van der Waals surface area contributed by atoms with Crippen molar-refractivity contribution in [2.24, 2.45) is 0 Å². The molecule has 10 heteroatoms. The fraction of sp³-hybridized carbons (Fsp3) is 0.448. The molecule has 2 bridgehead atoms. The van der Waals surface area contributed by atoms with Crippen LogP contribution in [0.5, 0.6) is 5.75 Å². The highest BCUT2D eigenvalue weighted by atomic mass is 79.9. The van der Waals surface area contributed by atoms with E-state index in [2.05, 4.69) is 13.1 Å². The van der Waals surface area contributed by atoms with Crippen LogP contribution in [0, 0.1) is 0 Å². The van der Waals surface area contributed by atoms with Gasteiger partial charge in [-0.25, -0.2) is 9.59 Å². The second-order valence-electron chi connectivity index (χ2n) is 10.3. The molecule has 0 spiro atoms. The Bertz CT molecular complexity index is 1200. The number of benzene rings is 1. The molecule has 2 aliphatic rings. The lowest BCUT2D eigenvalue weighted by Gasteiger charge is -2.47. The van der Waals surface area contributed by atoms with Gasteiger partial charge in [0.1, 0.15) is 18.4 Å². The molecule has 39 heavy (non-hydrogen) atoms. The molecule has 210 valence electrons. The largest absolute Gasteiger partial charge is 1.00 e. The summed E-state index contributed by atoms with van der Waals surface area (Å²) in [5.41, 5.74) is -0.632. The Morgan fingerprint density at radius 2 is 1.67 bits per heavy atom. The van der Waals surface area contributed by atoms with Crippen LogP contribution >= 0.6 is 22.7 Å². The first-order valence-electron chi connectivity index (χ1n) is 13.1. The Morgan fingerprint density at radius 1 is 1.03 bits per heavy atom. The van der Waals surface area contributed by atoms with Crippen molar-refractivity contribution >= 4 is 34.6 Å². The second-order valence-corrected chi connectivity index (χ2v) is 12.2. The van der Waals surface area contributed by atoms with E-state index in [-0.39, 0.29) is 35.7 Å². The van der Waals surface area contributed by atoms with Gasteiger partial charge in [0.05, 0.1) is 35.5 Å². The molecule has 4 atom stereocenters. The van der Waals surface area contributed by atoms with Crippen LogP contribution in [0.2, 0.25) is 0 Å². The number of hydrogen-bond donors (Lipinski definition) is 1. The minimum absolute atomic E-state index is 0. The van der Waals surface area contributed by atoms with Crippen LogP contribution in [0.25, 0.3) is 0 Å². The first-order valence-corrected chi connectivity index (χ1v) is 14.8. The Morgan fingerprint density at radius 3 is 2.23 bits per heavy atom. The summed E-state index contributed by atoms with van der Waals surface area (Å²) in [7, 11) is 2.29. The van der Waals surface area contributed by atoms with Crippen molar-refractivity contribution in [3.8, 4) is 5.75 Å². The van der Waals surface area contributed by atoms with E-state index in [9.17, 15) is 14.7 Å². The van der Waals surface area contributed by atoms with Gasteiger partial charge in [-0.05, 0) is 41.9 Å². The van der Waals surface area contributed by atoms with Crippen LogP contribution in [0.3, 0.4) is 0 Å². The van der Waals surface area contributed by atoms with Gasteiger partial charge in [0.25, 0.3) is 0 Å². The van der Waals surface area contributed by atoms with Crippen molar-refractivity contribution in [2.45, 2.75) is 62.9 Å². The highest BCUT2D eigenvalue weighted by Crippen LogP contribution is 2.45. The summed E-state index contributed by atoms with van der Waals surface area (Å²) in [5, 5.41) is 15.3. The molecule has 4 heterocycles. The Labute approximate surface area is 247 Å². The van der Waals surface area contributed by atoms with Gasteiger partial charge in [-0.3, -0.25) is 0 Å². The number of thiophene rings is 2. The number of carbonyl (C=O) groups excluding carboxylic acids is 2. The van der Waals surface area contributed by atoms with Gasteiger partial charge in [-0.2, -0.15) is 0 Å². The molecule has 0 unspecified atom stereocenters. The van der Waals surface area contributed by atoms with Crippen molar-refractivity contribution in [2.75, 3.05) is 20.3 Å². The van der Waals surface area contributed by atoms with Gasteiger partial charge in [0.2, 0.25) is 5.60 Å². The van der Waals surface area contributed by atoms with E-state index in [1.54, 1.807) is 19.1 Å². The molecule has 1 N–H and O–H groups in total. The number of quaternary nitrogens is 1. The molecular weight excluding hydrogens is 602 g/mol. The lowest BCUT2D eigenvalue weighted by Crippen LogP contribution is -3.00. The first kappa shape index (κ1) is 29.7. The van der Waals surface area contributed by atoms with Crippen molar-refractivity contribution in [1.29, 1.82) is 0 Å². The monoisotopic (exact) mass is 635 g/mol. The summed E-state index contributed by atoms with van der Waals surface area (Å²) >= 11 is 2.72. The third kappa shape index (κ3) is 6.10. The number of fused-ring (bicyclic) bond motifs is 2. The van der Waals surface area contributed by atoms with Crippen LogP contribution < -0.4 is 21.7 Å². The highest BCUT2D eigenvalue weighted by Gasteiger charge is 2.54. The Kier molecular flexibility index (Phi) is 9.54. The predicted octanol–water partition coefficient (Wildman–Crippen LogP) is 1.87. The van der Waals surface area contributed by atoms with Crippen molar-refractivity contribution in [1.82, 2.24) is 0 Å². The molecular formula is C29H34BrNO6S2. The summed E-state index contributed by atoms with van der Waals surface area (Å²) in [5.74, 6) is -0.314. The predicted molar refractivity (Wildman–Crippen MR) is 146 cm³/mol. The fourth-order valence-corrected chi connectivity index (χ4v) is 7.76. The van der Waals surface area contributed by atoms with Crippen molar-refractivity contribution < 1.29 is 50.4 Å². The zero-order valence-corrected chi connectivity index (χ0v) is 25.3. The van der Waals surface area contributed by atoms with E-state index >= 15 is 0 Å². The van der Waals surface area contributed by atoms with Crippen LogP contribution in [-0.2, 0) is 31.2 Å². The Balaban J connectivity index is 0.00000353. The summed E-state index contributed by atoms with van der Waals surface area (Å²) in [6, 6.07) is 15.9. The van der Waals surface area contributed by atoms with E-state index in [1.165, 1.54) is 22.7 Å². The number of piperidine rings is 1. The summed E-state index contributed by atoms with van der Waals surface area (Å²) in [6.45, 7) is 2.83. The van der Waals surface area contributed by atoms with Gasteiger partial charge < -0.3 is 40.8 Å². The second kappa shape index (κ2) is 12.5. The van der Waals surface area contributed by atoms with Crippen molar-refractivity contribution in [3.63, 3.8) is 0 Å². The number of esters is 2. The quantitative estimate of drug-likeness (QED) is 0.271. The molecule has 7 nitrogen and oxygen atoms in total. The number of rotatable bonds is 10. The molecule has 0 saturated carbocycles. The fourth-order valence-electron chi connectivity index (χ4n) is 6.05. The average molecular weight is 637 g/mol. The summed E-state index contributed by atoms with van der Waals surface area (Å²) in [6.07, 6.45) is 3.46. The van der Waals surface area contributed by atoms with Crippen LogP contribution in [0.15, 0.2) is 59.3 Å². The molecule has 0 radical (unpaired) electrons. The van der Waals surface area contributed by atoms with E-state index < -0.39 is 11.6 Å². The van der Waals surface area contributed by atoms with E-state index in [0.29, 0.717) is 34.2 Å².